The number of amidine groups is 1. The average molecular weight is 256 g/mol. The Kier molecular flexibility index (Phi) is 5.16. The first kappa shape index (κ1) is 13.2. The van der Waals surface area contributed by atoms with E-state index < -0.39 is 0 Å². The third-order valence-electron chi connectivity index (χ3n) is 3.22. The third kappa shape index (κ3) is 4.51. The van der Waals surface area contributed by atoms with Gasteiger partial charge in [-0.1, -0.05) is 25.6 Å². The summed E-state index contributed by atoms with van der Waals surface area (Å²) >= 11 is 1.86. The quantitative estimate of drug-likeness (QED) is 0.839. The molecule has 0 aromatic carbocycles. The molecule has 4 heteroatoms. The van der Waals surface area contributed by atoms with Crippen LogP contribution in [-0.4, -0.2) is 36.2 Å². The molecule has 0 aromatic heterocycles. The van der Waals surface area contributed by atoms with E-state index in [9.17, 15) is 0 Å². The van der Waals surface area contributed by atoms with E-state index in [0.717, 1.165) is 24.2 Å². The van der Waals surface area contributed by atoms with E-state index in [1.807, 2.05) is 11.8 Å². The van der Waals surface area contributed by atoms with Crippen molar-refractivity contribution < 1.29 is 4.74 Å². The summed E-state index contributed by atoms with van der Waals surface area (Å²) in [4.78, 5) is 4.65. The van der Waals surface area contributed by atoms with Crippen LogP contribution in [-0.2, 0) is 4.74 Å². The SMILES string of the molecule is CC(C)CC1CSC(=NCC2CCCCO2)N1. The smallest absolute Gasteiger partial charge is 0.156 e. The number of nitrogens with zero attached hydrogens (tertiary/aromatic N) is 1. The lowest BCUT2D eigenvalue weighted by atomic mass is 10.1. The molecule has 0 spiro atoms. The predicted octanol–water partition coefficient (Wildman–Crippen LogP) is 2.66. The highest BCUT2D eigenvalue weighted by Crippen LogP contribution is 2.20. The van der Waals surface area contributed by atoms with E-state index in [4.69, 9.17) is 4.74 Å². The number of hydrogen-bond acceptors (Lipinski definition) is 3. The number of rotatable bonds is 4. The van der Waals surface area contributed by atoms with E-state index in [2.05, 4.69) is 24.2 Å². The van der Waals surface area contributed by atoms with Crippen LogP contribution in [0.2, 0.25) is 0 Å². The second-order valence-electron chi connectivity index (χ2n) is 5.42. The summed E-state index contributed by atoms with van der Waals surface area (Å²) in [5.74, 6) is 1.93. The number of nitrogens with one attached hydrogen (secondary N) is 1. The lowest BCUT2D eigenvalue weighted by Gasteiger charge is -2.20. The molecule has 0 aliphatic carbocycles. The van der Waals surface area contributed by atoms with Gasteiger partial charge in [-0.2, -0.15) is 0 Å². The molecule has 2 heterocycles. The standard InChI is InChI=1S/C13H24N2OS/c1-10(2)7-11-9-17-13(15-11)14-8-12-5-3-4-6-16-12/h10-12H,3-9H2,1-2H3,(H,14,15). The fourth-order valence-electron chi connectivity index (χ4n) is 2.36. The minimum Gasteiger partial charge on any atom is -0.376 e. The maximum absolute atomic E-state index is 5.69. The van der Waals surface area contributed by atoms with Crippen molar-refractivity contribution in [3.63, 3.8) is 0 Å². The zero-order valence-electron chi connectivity index (χ0n) is 10.9. The van der Waals surface area contributed by atoms with Crippen LogP contribution < -0.4 is 5.32 Å². The monoisotopic (exact) mass is 256 g/mol. The summed E-state index contributed by atoms with van der Waals surface area (Å²) in [7, 11) is 0. The molecule has 17 heavy (non-hydrogen) atoms. The lowest BCUT2D eigenvalue weighted by Crippen LogP contribution is -2.29. The summed E-state index contributed by atoms with van der Waals surface area (Å²) in [6.07, 6.45) is 5.30. The van der Waals surface area contributed by atoms with Gasteiger partial charge in [0.05, 0.1) is 12.6 Å². The Bertz CT molecular complexity index is 262. The molecule has 0 amide bonds. The zero-order chi connectivity index (χ0) is 12.1. The van der Waals surface area contributed by atoms with E-state index in [0.29, 0.717) is 12.1 Å². The van der Waals surface area contributed by atoms with Gasteiger partial charge < -0.3 is 10.1 Å². The Morgan fingerprint density at radius 3 is 3.06 bits per heavy atom. The van der Waals surface area contributed by atoms with Gasteiger partial charge in [0.25, 0.3) is 0 Å². The fraction of sp³-hybridized carbons (Fsp3) is 0.923. The number of aliphatic imine (C=N–C) groups is 1. The van der Waals surface area contributed by atoms with Crippen LogP contribution in [0, 0.1) is 5.92 Å². The van der Waals surface area contributed by atoms with Gasteiger partial charge in [-0.3, -0.25) is 4.99 Å². The van der Waals surface area contributed by atoms with Gasteiger partial charge in [0.15, 0.2) is 5.17 Å². The van der Waals surface area contributed by atoms with Crippen LogP contribution in [0.15, 0.2) is 4.99 Å². The van der Waals surface area contributed by atoms with Crippen molar-refractivity contribution in [3.8, 4) is 0 Å². The minimum atomic E-state index is 0.364. The Morgan fingerprint density at radius 2 is 2.35 bits per heavy atom. The molecule has 2 atom stereocenters. The molecule has 2 saturated heterocycles. The molecule has 0 aromatic rings. The van der Waals surface area contributed by atoms with E-state index in [1.165, 1.54) is 31.4 Å². The van der Waals surface area contributed by atoms with Gasteiger partial charge in [-0.15, -0.1) is 0 Å². The van der Waals surface area contributed by atoms with Gasteiger partial charge in [0, 0.05) is 18.4 Å². The van der Waals surface area contributed by atoms with Gasteiger partial charge in [-0.25, -0.2) is 0 Å². The molecule has 2 fully saturated rings. The highest BCUT2D eigenvalue weighted by atomic mass is 32.2. The molecule has 0 saturated carbocycles. The van der Waals surface area contributed by atoms with Crippen molar-refractivity contribution in [2.45, 2.75) is 51.7 Å². The molecule has 3 nitrogen and oxygen atoms in total. The number of ether oxygens (including phenoxy) is 1. The lowest BCUT2D eigenvalue weighted by molar-refractivity contribution is 0.0225. The van der Waals surface area contributed by atoms with Gasteiger partial charge in [-0.05, 0) is 31.6 Å². The highest BCUT2D eigenvalue weighted by molar-refractivity contribution is 8.14. The predicted molar refractivity (Wildman–Crippen MR) is 74.7 cm³/mol. The molecular formula is C13H24N2OS. The molecule has 2 aliphatic heterocycles. The van der Waals surface area contributed by atoms with E-state index in [-0.39, 0.29) is 0 Å². The van der Waals surface area contributed by atoms with Gasteiger partial charge in [0.1, 0.15) is 0 Å². The van der Waals surface area contributed by atoms with Crippen LogP contribution >= 0.6 is 11.8 Å². The first-order valence-electron chi connectivity index (χ1n) is 6.79. The van der Waals surface area contributed by atoms with Crippen LogP contribution in [0.3, 0.4) is 0 Å². The largest absolute Gasteiger partial charge is 0.376 e. The normalized spacial score (nSPS) is 32.1. The van der Waals surface area contributed by atoms with Crippen LogP contribution in [0.25, 0.3) is 0 Å². The van der Waals surface area contributed by atoms with Gasteiger partial charge >= 0.3 is 0 Å². The first-order valence-corrected chi connectivity index (χ1v) is 7.78. The molecule has 2 rings (SSSR count). The zero-order valence-corrected chi connectivity index (χ0v) is 11.8. The molecule has 2 unspecified atom stereocenters. The van der Waals surface area contributed by atoms with Crippen LogP contribution in [0.4, 0.5) is 0 Å². The summed E-state index contributed by atoms with van der Waals surface area (Å²) in [5, 5.41) is 4.65. The molecule has 1 N–H and O–H groups in total. The molecule has 98 valence electrons. The van der Waals surface area contributed by atoms with Gasteiger partial charge in [0.2, 0.25) is 0 Å². The number of thioether (sulfide) groups is 1. The number of hydrogen-bond donors (Lipinski definition) is 1. The van der Waals surface area contributed by atoms with Crippen molar-refractivity contribution in [2.75, 3.05) is 18.9 Å². The molecule has 0 bridgehead atoms. The third-order valence-corrected chi connectivity index (χ3v) is 4.31. The minimum absolute atomic E-state index is 0.364. The molecule has 0 radical (unpaired) electrons. The second kappa shape index (κ2) is 6.64. The Morgan fingerprint density at radius 1 is 1.47 bits per heavy atom. The average Bonchev–Trinajstić information content (AvgIpc) is 2.75. The Hall–Kier alpha value is -0.220. The van der Waals surface area contributed by atoms with E-state index in [1.54, 1.807) is 0 Å². The second-order valence-corrected chi connectivity index (χ2v) is 6.42. The Labute approximate surface area is 109 Å². The maximum Gasteiger partial charge on any atom is 0.156 e. The van der Waals surface area contributed by atoms with Crippen molar-refractivity contribution >= 4 is 16.9 Å². The summed E-state index contributed by atoms with van der Waals surface area (Å²) in [5.41, 5.74) is 0. The van der Waals surface area contributed by atoms with Crippen LogP contribution in [0.5, 0.6) is 0 Å². The first-order chi connectivity index (χ1) is 8.24. The summed E-state index contributed by atoms with van der Waals surface area (Å²) < 4.78 is 5.69. The fourth-order valence-corrected chi connectivity index (χ4v) is 3.36. The topological polar surface area (TPSA) is 33.6 Å². The van der Waals surface area contributed by atoms with Crippen molar-refractivity contribution in [3.05, 3.63) is 0 Å². The van der Waals surface area contributed by atoms with E-state index >= 15 is 0 Å². The van der Waals surface area contributed by atoms with Crippen LogP contribution in [0.1, 0.15) is 39.5 Å². The molecule has 2 aliphatic rings. The summed E-state index contributed by atoms with van der Waals surface area (Å²) in [6, 6.07) is 0.617. The van der Waals surface area contributed by atoms with Crippen molar-refractivity contribution in [1.82, 2.24) is 5.32 Å². The molecular weight excluding hydrogens is 232 g/mol. The highest BCUT2D eigenvalue weighted by Gasteiger charge is 2.21. The van der Waals surface area contributed by atoms with Crippen molar-refractivity contribution in [1.29, 1.82) is 0 Å². The summed E-state index contributed by atoms with van der Waals surface area (Å²) in [6.45, 7) is 6.31. The Balaban J connectivity index is 1.71. The maximum atomic E-state index is 5.69. The van der Waals surface area contributed by atoms with Crippen molar-refractivity contribution in [2.24, 2.45) is 10.9 Å².